The second-order valence-corrected chi connectivity index (χ2v) is 4.13. The molecule has 0 saturated heterocycles. The van der Waals surface area contributed by atoms with Gasteiger partial charge in [-0.15, -0.1) is 0 Å². The van der Waals surface area contributed by atoms with Gasteiger partial charge in [-0.1, -0.05) is 0 Å². The van der Waals surface area contributed by atoms with E-state index >= 15 is 0 Å². The molecule has 2 aromatic heterocycles. The molecule has 0 atom stereocenters. The SMILES string of the molecule is Cc1nn(C)c(C)c1-c1cnc(N)c(C(=O)O)c1. The first-order valence-corrected chi connectivity index (χ1v) is 5.41. The second-order valence-electron chi connectivity index (χ2n) is 4.13. The lowest BCUT2D eigenvalue weighted by atomic mass is 10.0. The van der Waals surface area contributed by atoms with Gasteiger partial charge in [0, 0.05) is 30.1 Å². The van der Waals surface area contributed by atoms with Crippen LogP contribution in [0, 0.1) is 13.8 Å². The van der Waals surface area contributed by atoms with E-state index in [4.69, 9.17) is 10.8 Å². The monoisotopic (exact) mass is 246 g/mol. The smallest absolute Gasteiger partial charge is 0.339 e. The molecule has 0 aromatic carbocycles. The minimum absolute atomic E-state index is 0.00940. The number of aromatic carboxylic acids is 1. The van der Waals surface area contributed by atoms with E-state index in [9.17, 15) is 4.79 Å². The third kappa shape index (κ3) is 1.81. The van der Waals surface area contributed by atoms with Crippen LogP contribution in [0.2, 0.25) is 0 Å². The average molecular weight is 246 g/mol. The Kier molecular flexibility index (Phi) is 2.78. The maximum absolute atomic E-state index is 11.0. The molecule has 0 aliphatic carbocycles. The topological polar surface area (TPSA) is 94.0 Å². The Bertz CT molecular complexity index is 631. The van der Waals surface area contributed by atoms with Crippen LogP contribution in [0.3, 0.4) is 0 Å². The maximum Gasteiger partial charge on any atom is 0.339 e. The lowest BCUT2D eigenvalue weighted by Crippen LogP contribution is -2.05. The van der Waals surface area contributed by atoms with Crippen LogP contribution < -0.4 is 5.73 Å². The minimum Gasteiger partial charge on any atom is -0.478 e. The summed E-state index contributed by atoms with van der Waals surface area (Å²) < 4.78 is 1.75. The van der Waals surface area contributed by atoms with Gasteiger partial charge in [-0.2, -0.15) is 5.10 Å². The van der Waals surface area contributed by atoms with E-state index in [0.717, 1.165) is 17.0 Å². The largest absolute Gasteiger partial charge is 0.478 e. The minimum atomic E-state index is -1.08. The molecule has 3 N–H and O–H groups in total. The molecule has 0 aliphatic heterocycles. The summed E-state index contributed by atoms with van der Waals surface area (Å²) in [6, 6.07) is 1.53. The van der Waals surface area contributed by atoms with E-state index in [-0.39, 0.29) is 11.4 Å². The molecule has 94 valence electrons. The van der Waals surface area contributed by atoms with Crippen molar-refractivity contribution in [1.29, 1.82) is 0 Å². The Morgan fingerprint density at radius 3 is 2.61 bits per heavy atom. The number of nitrogens with two attached hydrogens (primary N) is 1. The highest BCUT2D eigenvalue weighted by Crippen LogP contribution is 2.27. The van der Waals surface area contributed by atoms with Gasteiger partial charge in [0.1, 0.15) is 11.4 Å². The Morgan fingerprint density at radius 1 is 1.44 bits per heavy atom. The van der Waals surface area contributed by atoms with Gasteiger partial charge >= 0.3 is 5.97 Å². The number of carbonyl (C=O) groups is 1. The third-order valence-electron chi connectivity index (χ3n) is 2.95. The molecule has 2 aromatic rings. The summed E-state index contributed by atoms with van der Waals surface area (Å²) in [6.45, 7) is 3.80. The van der Waals surface area contributed by atoms with Crippen LogP contribution in [0.25, 0.3) is 11.1 Å². The summed E-state index contributed by atoms with van der Waals surface area (Å²) in [5.41, 5.74) is 8.94. The highest BCUT2D eigenvalue weighted by molar-refractivity contribution is 5.94. The van der Waals surface area contributed by atoms with E-state index in [1.165, 1.54) is 6.07 Å². The first-order valence-electron chi connectivity index (χ1n) is 5.41. The molecule has 0 fully saturated rings. The van der Waals surface area contributed by atoms with E-state index in [2.05, 4.69) is 10.1 Å². The fourth-order valence-corrected chi connectivity index (χ4v) is 1.97. The van der Waals surface area contributed by atoms with Crippen molar-refractivity contribution in [3.8, 4) is 11.1 Å². The van der Waals surface area contributed by atoms with Gasteiger partial charge < -0.3 is 10.8 Å². The number of carboxylic acids is 1. The van der Waals surface area contributed by atoms with Gasteiger partial charge in [-0.3, -0.25) is 4.68 Å². The lowest BCUT2D eigenvalue weighted by molar-refractivity contribution is 0.0697. The molecule has 18 heavy (non-hydrogen) atoms. The number of aromatic nitrogens is 3. The number of carboxylic acid groups (broad SMARTS) is 1. The molecule has 0 spiro atoms. The van der Waals surface area contributed by atoms with E-state index < -0.39 is 5.97 Å². The first-order chi connectivity index (χ1) is 8.41. The summed E-state index contributed by atoms with van der Waals surface area (Å²) in [5, 5.41) is 13.3. The van der Waals surface area contributed by atoms with Crippen molar-refractivity contribution in [3.05, 3.63) is 29.2 Å². The highest BCUT2D eigenvalue weighted by atomic mass is 16.4. The number of anilines is 1. The van der Waals surface area contributed by atoms with Gasteiger partial charge in [0.15, 0.2) is 0 Å². The molecule has 6 heteroatoms. The molecule has 0 bridgehead atoms. The zero-order chi connectivity index (χ0) is 13.4. The molecule has 0 radical (unpaired) electrons. The Balaban J connectivity index is 2.65. The van der Waals surface area contributed by atoms with Gasteiger partial charge in [-0.25, -0.2) is 9.78 Å². The van der Waals surface area contributed by atoms with Crippen molar-refractivity contribution in [2.75, 3.05) is 5.73 Å². The fourth-order valence-electron chi connectivity index (χ4n) is 1.97. The average Bonchev–Trinajstić information content (AvgIpc) is 2.54. The Labute approximate surface area is 104 Å². The van der Waals surface area contributed by atoms with E-state index in [0.29, 0.717) is 5.56 Å². The Hall–Kier alpha value is -2.37. The van der Waals surface area contributed by atoms with Gasteiger partial charge in [0.25, 0.3) is 0 Å². The summed E-state index contributed by atoms with van der Waals surface area (Å²) in [7, 11) is 1.84. The van der Waals surface area contributed by atoms with Crippen molar-refractivity contribution >= 4 is 11.8 Å². The van der Waals surface area contributed by atoms with E-state index in [1.807, 2.05) is 20.9 Å². The van der Waals surface area contributed by atoms with Crippen LogP contribution in [0.15, 0.2) is 12.3 Å². The normalized spacial score (nSPS) is 10.6. The number of nitrogen functional groups attached to an aromatic ring is 1. The summed E-state index contributed by atoms with van der Waals surface area (Å²) in [5.74, 6) is -1.06. The fraction of sp³-hybridized carbons (Fsp3) is 0.250. The van der Waals surface area contributed by atoms with Crippen molar-refractivity contribution in [2.45, 2.75) is 13.8 Å². The van der Waals surface area contributed by atoms with Crippen LogP contribution in [0.4, 0.5) is 5.82 Å². The van der Waals surface area contributed by atoms with Gasteiger partial charge in [0.05, 0.1) is 5.69 Å². The van der Waals surface area contributed by atoms with Crippen LogP contribution in [0.1, 0.15) is 21.7 Å². The van der Waals surface area contributed by atoms with Crippen molar-refractivity contribution in [1.82, 2.24) is 14.8 Å². The molecule has 2 heterocycles. The number of pyridine rings is 1. The quantitative estimate of drug-likeness (QED) is 0.834. The van der Waals surface area contributed by atoms with Crippen LogP contribution >= 0.6 is 0 Å². The molecule has 2 rings (SSSR count). The number of hydrogen-bond donors (Lipinski definition) is 2. The van der Waals surface area contributed by atoms with Crippen molar-refractivity contribution < 1.29 is 9.90 Å². The third-order valence-corrected chi connectivity index (χ3v) is 2.95. The lowest BCUT2D eigenvalue weighted by Gasteiger charge is -2.05. The second kappa shape index (κ2) is 4.14. The van der Waals surface area contributed by atoms with Crippen LogP contribution in [-0.4, -0.2) is 25.8 Å². The standard InChI is InChI=1S/C12H14N4O2/c1-6-10(7(2)16(3)15-6)8-4-9(12(17)18)11(13)14-5-8/h4-5H,1-3H3,(H2,13,14)(H,17,18). The van der Waals surface area contributed by atoms with Crippen molar-refractivity contribution in [3.63, 3.8) is 0 Å². The number of rotatable bonds is 2. The molecule has 0 saturated carbocycles. The zero-order valence-corrected chi connectivity index (χ0v) is 10.4. The first kappa shape index (κ1) is 12.1. The predicted octanol–water partition coefficient (Wildman–Crippen LogP) is 1.38. The zero-order valence-electron chi connectivity index (χ0n) is 10.4. The molecular weight excluding hydrogens is 232 g/mol. The van der Waals surface area contributed by atoms with Crippen LogP contribution in [-0.2, 0) is 7.05 Å². The van der Waals surface area contributed by atoms with Crippen molar-refractivity contribution in [2.24, 2.45) is 7.05 Å². The highest BCUT2D eigenvalue weighted by Gasteiger charge is 2.16. The maximum atomic E-state index is 11.0. The summed E-state index contributed by atoms with van der Waals surface area (Å²) in [4.78, 5) is 15.0. The molecule has 0 aliphatic rings. The van der Waals surface area contributed by atoms with Gasteiger partial charge in [-0.05, 0) is 19.9 Å². The number of nitrogens with zero attached hydrogens (tertiary/aromatic N) is 3. The summed E-state index contributed by atoms with van der Waals surface area (Å²) in [6.07, 6.45) is 1.57. The molecule has 6 nitrogen and oxygen atoms in total. The summed E-state index contributed by atoms with van der Waals surface area (Å²) >= 11 is 0. The van der Waals surface area contributed by atoms with Crippen LogP contribution in [0.5, 0.6) is 0 Å². The predicted molar refractivity (Wildman–Crippen MR) is 67.3 cm³/mol. The number of hydrogen-bond acceptors (Lipinski definition) is 4. The molecule has 0 amide bonds. The molecular formula is C12H14N4O2. The Morgan fingerprint density at radius 2 is 2.11 bits per heavy atom. The van der Waals surface area contributed by atoms with Gasteiger partial charge in [0.2, 0.25) is 0 Å². The van der Waals surface area contributed by atoms with E-state index in [1.54, 1.807) is 10.9 Å². The molecule has 0 unspecified atom stereocenters. The number of aryl methyl sites for hydroxylation is 2.